The van der Waals surface area contributed by atoms with E-state index in [0.717, 1.165) is 44.7 Å². The summed E-state index contributed by atoms with van der Waals surface area (Å²) in [6, 6.07) is 0. The summed E-state index contributed by atoms with van der Waals surface area (Å²) in [5, 5.41) is 11.2. The van der Waals surface area contributed by atoms with Gasteiger partial charge < -0.3 is 5.11 Å². The molecule has 4 rings (SSSR count). The molecule has 0 heterocycles. The van der Waals surface area contributed by atoms with Crippen molar-refractivity contribution >= 4 is 25.9 Å². The van der Waals surface area contributed by atoms with Crippen LogP contribution in [0.3, 0.4) is 0 Å². The Hall–Kier alpha value is -2.13. The van der Waals surface area contributed by atoms with Gasteiger partial charge in [0, 0.05) is 16.9 Å². The molecule has 1 aliphatic rings. The van der Waals surface area contributed by atoms with Crippen LogP contribution in [0.25, 0.3) is 22.3 Å². The van der Waals surface area contributed by atoms with Gasteiger partial charge in [0.1, 0.15) is 13.6 Å². The first-order valence-electron chi connectivity index (χ1n) is 10.9. The van der Waals surface area contributed by atoms with Crippen LogP contribution in [-0.4, -0.2) is 13.0 Å². The number of hydrogen-bond donors (Lipinski definition) is 2. The Balaban J connectivity index is 2.18. The summed E-state index contributed by atoms with van der Waals surface area (Å²) in [4.78, 5) is 1.01. The molecule has 1 N–H and O–H groups in total. The SMILES string of the molecule is [B]c1c(C)c(C)c(C)c(O)c1-c1c(C)c(S)c2c(c1C)-c1c(C)c(C)c(C)c(C)c1C2. The Bertz CT molecular complexity index is 1290. The van der Waals surface area contributed by atoms with Crippen LogP contribution in [0.4, 0.5) is 0 Å². The Morgan fingerprint density at radius 2 is 1.06 bits per heavy atom. The monoisotopic (exact) mass is 426 g/mol. The lowest BCUT2D eigenvalue weighted by Crippen LogP contribution is -2.16. The molecule has 1 aliphatic carbocycles. The van der Waals surface area contributed by atoms with Crippen LogP contribution in [-0.2, 0) is 6.42 Å². The Morgan fingerprint density at radius 1 is 0.548 bits per heavy atom. The molecule has 1 nitrogen and oxygen atoms in total. The molecule has 0 saturated carbocycles. The van der Waals surface area contributed by atoms with Crippen LogP contribution in [0.5, 0.6) is 5.75 Å². The molecule has 0 spiro atoms. The number of phenolic OH excluding ortho intramolecular Hbond substituents is 1. The average molecular weight is 426 g/mol. The summed E-state index contributed by atoms with van der Waals surface area (Å²) < 4.78 is 0. The molecule has 31 heavy (non-hydrogen) atoms. The highest BCUT2D eigenvalue weighted by Gasteiger charge is 2.31. The second-order valence-corrected chi connectivity index (χ2v) is 9.82. The van der Waals surface area contributed by atoms with Crippen molar-refractivity contribution in [3.63, 3.8) is 0 Å². The lowest BCUT2D eigenvalue weighted by molar-refractivity contribution is 0.473. The molecule has 0 aliphatic heterocycles. The highest BCUT2D eigenvalue weighted by molar-refractivity contribution is 7.80. The van der Waals surface area contributed by atoms with E-state index in [1.54, 1.807) is 0 Å². The van der Waals surface area contributed by atoms with Crippen LogP contribution in [0.2, 0.25) is 0 Å². The summed E-state index contributed by atoms with van der Waals surface area (Å²) in [5.74, 6) is 0.283. The number of thiol groups is 1. The number of rotatable bonds is 1. The molecule has 0 amide bonds. The largest absolute Gasteiger partial charge is 0.507 e. The van der Waals surface area contributed by atoms with E-state index in [4.69, 9.17) is 20.5 Å². The molecule has 0 saturated heterocycles. The van der Waals surface area contributed by atoms with Crippen molar-refractivity contribution in [2.24, 2.45) is 0 Å². The van der Waals surface area contributed by atoms with Crippen molar-refractivity contribution in [2.75, 3.05) is 0 Å². The quantitative estimate of drug-likeness (QED) is 0.263. The van der Waals surface area contributed by atoms with Crippen LogP contribution >= 0.6 is 12.6 Å². The highest BCUT2D eigenvalue weighted by Crippen LogP contribution is 2.51. The van der Waals surface area contributed by atoms with Crippen molar-refractivity contribution in [3.8, 4) is 28.0 Å². The van der Waals surface area contributed by atoms with Gasteiger partial charge in [0.05, 0.1) is 0 Å². The molecule has 0 atom stereocenters. The van der Waals surface area contributed by atoms with Gasteiger partial charge in [0.2, 0.25) is 0 Å². The molecule has 3 aromatic carbocycles. The third kappa shape index (κ3) is 2.78. The summed E-state index contributed by atoms with van der Waals surface area (Å²) in [5.41, 5.74) is 18.5. The number of fused-ring (bicyclic) bond motifs is 3. The van der Waals surface area contributed by atoms with Gasteiger partial charge in [0.25, 0.3) is 0 Å². The van der Waals surface area contributed by atoms with Gasteiger partial charge in [-0.1, -0.05) is 11.0 Å². The maximum absolute atomic E-state index is 11.2. The van der Waals surface area contributed by atoms with Crippen molar-refractivity contribution in [1.82, 2.24) is 0 Å². The van der Waals surface area contributed by atoms with E-state index >= 15 is 0 Å². The maximum Gasteiger partial charge on any atom is 0.126 e. The predicted molar refractivity (Wildman–Crippen MR) is 137 cm³/mol. The van der Waals surface area contributed by atoms with E-state index < -0.39 is 0 Å². The molecule has 0 unspecified atom stereocenters. The summed E-state index contributed by atoms with van der Waals surface area (Å²) in [7, 11) is 6.63. The van der Waals surface area contributed by atoms with Crippen LogP contribution in [0.1, 0.15) is 61.2 Å². The lowest BCUT2D eigenvalue weighted by atomic mass is 9.76. The Kier molecular flexibility index (Phi) is 5.13. The van der Waals surface area contributed by atoms with Gasteiger partial charge in [-0.3, -0.25) is 0 Å². The van der Waals surface area contributed by atoms with Gasteiger partial charge in [0.15, 0.2) is 0 Å². The number of hydrogen-bond acceptors (Lipinski definition) is 2. The molecule has 158 valence electrons. The van der Waals surface area contributed by atoms with Crippen molar-refractivity contribution in [2.45, 2.75) is 73.6 Å². The van der Waals surface area contributed by atoms with E-state index in [-0.39, 0.29) is 5.75 Å². The Morgan fingerprint density at radius 3 is 1.68 bits per heavy atom. The van der Waals surface area contributed by atoms with E-state index in [9.17, 15) is 5.11 Å². The molecular formula is C28H31BOS. The maximum atomic E-state index is 11.2. The minimum atomic E-state index is 0.283. The fourth-order valence-corrected chi connectivity index (χ4v) is 5.83. The molecule has 0 aromatic heterocycles. The summed E-state index contributed by atoms with van der Waals surface area (Å²) in [6.45, 7) is 19.2. The fraction of sp³-hybridized carbons (Fsp3) is 0.357. The molecular weight excluding hydrogens is 395 g/mol. The van der Waals surface area contributed by atoms with E-state index in [0.29, 0.717) is 5.46 Å². The van der Waals surface area contributed by atoms with E-state index in [1.807, 2.05) is 20.8 Å². The summed E-state index contributed by atoms with van der Waals surface area (Å²) in [6.07, 6.45) is 0.909. The number of phenols is 1. The van der Waals surface area contributed by atoms with Crippen molar-refractivity contribution in [1.29, 1.82) is 0 Å². The first kappa shape index (κ1) is 22.1. The second kappa shape index (κ2) is 7.20. The zero-order valence-corrected chi connectivity index (χ0v) is 21.1. The van der Waals surface area contributed by atoms with Crippen molar-refractivity contribution in [3.05, 3.63) is 61.2 Å². The van der Waals surface area contributed by atoms with Gasteiger partial charge in [-0.15, -0.1) is 12.6 Å². The zero-order chi connectivity index (χ0) is 23.1. The normalized spacial score (nSPS) is 12.3. The van der Waals surface area contributed by atoms with Gasteiger partial charge in [-0.2, -0.15) is 0 Å². The third-order valence-electron chi connectivity index (χ3n) is 8.13. The molecule has 3 aromatic rings. The van der Waals surface area contributed by atoms with Crippen LogP contribution in [0.15, 0.2) is 4.90 Å². The summed E-state index contributed by atoms with van der Waals surface area (Å²) >= 11 is 5.01. The van der Waals surface area contributed by atoms with Crippen LogP contribution in [0, 0.1) is 62.3 Å². The topological polar surface area (TPSA) is 20.2 Å². The van der Waals surface area contributed by atoms with Gasteiger partial charge in [-0.25, -0.2) is 0 Å². The smallest absolute Gasteiger partial charge is 0.126 e. The lowest BCUT2D eigenvalue weighted by Gasteiger charge is -2.24. The van der Waals surface area contributed by atoms with Gasteiger partial charge >= 0.3 is 0 Å². The first-order valence-corrected chi connectivity index (χ1v) is 11.4. The zero-order valence-electron chi connectivity index (χ0n) is 20.2. The average Bonchev–Trinajstić information content (AvgIpc) is 3.15. The van der Waals surface area contributed by atoms with E-state index in [1.165, 1.54) is 50.1 Å². The molecule has 2 radical (unpaired) electrons. The second-order valence-electron chi connectivity index (χ2n) is 9.37. The van der Waals surface area contributed by atoms with Crippen molar-refractivity contribution < 1.29 is 5.11 Å². The molecule has 0 fully saturated rings. The molecule has 0 bridgehead atoms. The fourth-order valence-electron chi connectivity index (χ4n) is 5.52. The van der Waals surface area contributed by atoms with Crippen LogP contribution < -0.4 is 5.46 Å². The highest BCUT2D eigenvalue weighted by atomic mass is 32.1. The third-order valence-corrected chi connectivity index (χ3v) is 8.73. The van der Waals surface area contributed by atoms with Gasteiger partial charge in [-0.05, 0) is 135 Å². The minimum absolute atomic E-state index is 0.283. The number of aromatic hydroxyl groups is 1. The molecule has 3 heteroatoms. The van der Waals surface area contributed by atoms with E-state index in [2.05, 4.69) is 41.5 Å². The Labute approximate surface area is 193 Å². The standard InChI is InChI=1S/C28H31BOS/c1-11-12(2)15(5)23-20(14(11)4)10-21-24(23)18(8)22(19(9)28(21)31)25-26(29)16(6)13(3)17(7)27(25)30/h30-31H,10H2,1-9H3. The number of benzene rings is 3. The minimum Gasteiger partial charge on any atom is -0.507 e. The predicted octanol–water partition coefficient (Wildman–Crippen LogP) is 6.49. The first-order chi connectivity index (χ1) is 14.4.